The molecule has 1 unspecified atom stereocenters. The van der Waals surface area contributed by atoms with Gasteiger partial charge in [0.15, 0.2) is 0 Å². The Morgan fingerprint density at radius 1 is 1.03 bits per heavy atom. The molecule has 3 atom stereocenters. The predicted molar refractivity (Wildman–Crippen MR) is 144 cm³/mol. The highest BCUT2D eigenvalue weighted by Gasteiger charge is 2.49. The van der Waals surface area contributed by atoms with E-state index in [9.17, 15) is 18.4 Å². The molecule has 7 heteroatoms. The molecule has 4 aliphatic rings. The molecule has 2 saturated carbocycles. The van der Waals surface area contributed by atoms with Crippen LogP contribution in [-0.2, 0) is 9.59 Å². The van der Waals surface area contributed by atoms with Gasteiger partial charge in [0, 0.05) is 56.3 Å². The third kappa shape index (κ3) is 5.76. The Morgan fingerprint density at radius 3 is 2.26 bits per heavy atom. The average Bonchev–Trinajstić information content (AvgIpc) is 3.25. The molecule has 2 heterocycles. The molecule has 1 N–H and O–H groups in total. The number of carbonyl (C=O) groups excluding carboxylic acids is 2. The molecular weight excluding hydrogens is 484 g/mol. The lowest BCUT2D eigenvalue weighted by atomic mass is 9.72. The summed E-state index contributed by atoms with van der Waals surface area (Å²) in [5.74, 6) is 0.148. The summed E-state index contributed by atoms with van der Waals surface area (Å²) in [5.41, 5.74) is 1.27. The molecule has 2 aliphatic carbocycles. The van der Waals surface area contributed by atoms with Gasteiger partial charge in [0.2, 0.25) is 11.8 Å². The van der Waals surface area contributed by atoms with Crippen LogP contribution in [0.4, 0.5) is 8.78 Å². The first-order chi connectivity index (χ1) is 18.2. The van der Waals surface area contributed by atoms with E-state index >= 15 is 0 Å². The van der Waals surface area contributed by atoms with Crippen LogP contribution in [-0.4, -0.2) is 53.3 Å². The topological polar surface area (TPSA) is 52.7 Å². The number of nitrogens with zero attached hydrogens (tertiary/aromatic N) is 2. The van der Waals surface area contributed by atoms with Crippen LogP contribution in [0, 0.1) is 35.3 Å². The molecule has 2 saturated heterocycles. The summed E-state index contributed by atoms with van der Waals surface area (Å²) in [7, 11) is 0. The molecule has 38 heavy (non-hydrogen) atoms. The zero-order valence-corrected chi connectivity index (χ0v) is 23.0. The van der Waals surface area contributed by atoms with Crippen molar-refractivity contribution in [3.8, 4) is 0 Å². The van der Waals surface area contributed by atoms with E-state index in [-0.39, 0.29) is 29.2 Å². The van der Waals surface area contributed by atoms with Crippen molar-refractivity contribution in [2.24, 2.45) is 23.7 Å². The molecule has 5 rings (SSSR count). The summed E-state index contributed by atoms with van der Waals surface area (Å²) in [6.45, 7) is 10.1. The second kappa shape index (κ2) is 11.0. The molecule has 0 bridgehead atoms. The molecule has 4 fully saturated rings. The standard InChI is InChI=1S/C31H43F2N3O2/c1-20(2)36-18-27(25-9-8-24(32)16-29(25)33)28(19-36)30(38)35-14-10-23(11-15-35)26(22-6-4-5-7-22)17-31(12-13-31)34-21(3)37/h8-9,16,22-23,26-28H,1,4-7,10-15,17-19H2,2-3H3,(H,34,37)/t26?,27-,28+/m0/s1. The number of carbonyl (C=O) groups is 2. The third-order valence-corrected chi connectivity index (χ3v) is 9.92. The maximum absolute atomic E-state index is 14.8. The lowest BCUT2D eigenvalue weighted by molar-refractivity contribution is -0.137. The summed E-state index contributed by atoms with van der Waals surface area (Å²) in [6, 6.07) is 3.70. The van der Waals surface area contributed by atoms with Gasteiger partial charge in [0.05, 0.1) is 5.92 Å². The summed E-state index contributed by atoms with van der Waals surface area (Å²) in [4.78, 5) is 29.7. The second-order valence-corrected chi connectivity index (χ2v) is 12.6. The molecule has 1 aromatic carbocycles. The van der Waals surface area contributed by atoms with Crippen molar-refractivity contribution < 1.29 is 18.4 Å². The van der Waals surface area contributed by atoms with Gasteiger partial charge in [0.1, 0.15) is 11.6 Å². The number of rotatable bonds is 8. The van der Waals surface area contributed by atoms with Crippen LogP contribution in [0.3, 0.4) is 0 Å². The first-order valence-corrected chi connectivity index (χ1v) is 14.6. The van der Waals surface area contributed by atoms with Crippen molar-refractivity contribution in [1.82, 2.24) is 15.1 Å². The highest BCUT2D eigenvalue weighted by atomic mass is 19.1. The highest BCUT2D eigenvalue weighted by molar-refractivity contribution is 5.81. The number of hydrogen-bond acceptors (Lipinski definition) is 3. The maximum Gasteiger partial charge on any atom is 0.228 e. The van der Waals surface area contributed by atoms with Crippen molar-refractivity contribution in [3.63, 3.8) is 0 Å². The Labute approximate surface area is 226 Å². The Bertz CT molecular complexity index is 1060. The summed E-state index contributed by atoms with van der Waals surface area (Å²) in [6.07, 6.45) is 10.4. The zero-order valence-electron chi connectivity index (χ0n) is 23.0. The number of amides is 2. The molecule has 208 valence electrons. The van der Waals surface area contributed by atoms with Crippen molar-refractivity contribution >= 4 is 11.8 Å². The summed E-state index contributed by atoms with van der Waals surface area (Å²) < 4.78 is 28.4. The van der Waals surface area contributed by atoms with Gasteiger partial charge in [-0.15, -0.1) is 0 Å². The number of benzene rings is 1. The SMILES string of the molecule is C=C(C)N1C[C@@H](C(=O)N2CCC(C(CC3(NC(C)=O)CC3)C3CCCC3)CC2)[C@H](c2ccc(F)cc2F)C1. The predicted octanol–water partition coefficient (Wildman–Crippen LogP) is 5.62. The van der Waals surface area contributed by atoms with Crippen molar-refractivity contribution in [1.29, 1.82) is 0 Å². The molecule has 2 amide bonds. The van der Waals surface area contributed by atoms with Crippen molar-refractivity contribution in [2.75, 3.05) is 26.2 Å². The zero-order chi connectivity index (χ0) is 27.0. The lowest BCUT2D eigenvalue weighted by Gasteiger charge is -2.41. The van der Waals surface area contributed by atoms with Crippen LogP contribution in [0.1, 0.15) is 83.1 Å². The number of nitrogens with one attached hydrogen (secondary N) is 1. The summed E-state index contributed by atoms with van der Waals surface area (Å²) >= 11 is 0. The van der Waals surface area contributed by atoms with Gasteiger partial charge < -0.3 is 15.1 Å². The molecule has 2 aliphatic heterocycles. The Balaban J connectivity index is 1.27. The first kappa shape index (κ1) is 27.1. The van der Waals surface area contributed by atoms with Gasteiger partial charge >= 0.3 is 0 Å². The quantitative estimate of drug-likeness (QED) is 0.478. The van der Waals surface area contributed by atoms with E-state index < -0.39 is 11.6 Å². The third-order valence-electron chi connectivity index (χ3n) is 9.92. The van der Waals surface area contributed by atoms with Crippen molar-refractivity contribution in [2.45, 2.75) is 83.1 Å². The number of likely N-dealkylation sites (tertiary alicyclic amines) is 2. The minimum Gasteiger partial charge on any atom is -0.374 e. The fourth-order valence-corrected chi connectivity index (χ4v) is 7.72. The van der Waals surface area contributed by atoms with E-state index in [0.29, 0.717) is 30.5 Å². The van der Waals surface area contributed by atoms with Crippen LogP contribution in [0.15, 0.2) is 30.5 Å². The van der Waals surface area contributed by atoms with Crippen LogP contribution in [0.5, 0.6) is 0 Å². The number of allylic oxidation sites excluding steroid dienone is 1. The molecule has 0 aromatic heterocycles. The van der Waals surface area contributed by atoms with Gasteiger partial charge in [-0.3, -0.25) is 9.59 Å². The van der Waals surface area contributed by atoms with E-state index in [1.54, 1.807) is 6.92 Å². The van der Waals surface area contributed by atoms with Crippen LogP contribution >= 0.6 is 0 Å². The Hall–Kier alpha value is -2.44. The Kier molecular flexibility index (Phi) is 7.84. The van der Waals surface area contributed by atoms with Gasteiger partial charge in [0.25, 0.3) is 0 Å². The fraction of sp³-hybridized carbons (Fsp3) is 0.677. The minimum absolute atomic E-state index is 0.00561. The average molecular weight is 528 g/mol. The Morgan fingerprint density at radius 2 is 1.68 bits per heavy atom. The van der Waals surface area contributed by atoms with Crippen LogP contribution in [0.2, 0.25) is 0 Å². The van der Waals surface area contributed by atoms with E-state index in [1.807, 2.05) is 11.8 Å². The van der Waals surface area contributed by atoms with E-state index in [2.05, 4.69) is 16.8 Å². The fourth-order valence-electron chi connectivity index (χ4n) is 7.72. The number of halogens is 2. The normalized spacial score (nSPS) is 26.4. The maximum atomic E-state index is 14.8. The van der Waals surface area contributed by atoms with Gasteiger partial charge in [-0.2, -0.15) is 0 Å². The monoisotopic (exact) mass is 527 g/mol. The lowest BCUT2D eigenvalue weighted by Crippen LogP contribution is -2.46. The van der Waals surface area contributed by atoms with Gasteiger partial charge in [-0.05, 0) is 68.4 Å². The molecule has 0 spiro atoms. The second-order valence-electron chi connectivity index (χ2n) is 12.6. The smallest absolute Gasteiger partial charge is 0.228 e. The van der Waals surface area contributed by atoms with Crippen LogP contribution < -0.4 is 5.32 Å². The van der Waals surface area contributed by atoms with Gasteiger partial charge in [-0.25, -0.2) is 8.78 Å². The summed E-state index contributed by atoms with van der Waals surface area (Å²) in [5, 5.41) is 3.26. The van der Waals surface area contributed by atoms with Crippen molar-refractivity contribution in [3.05, 3.63) is 47.7 Å². The van der Waals surface area contributed by atoms with E-state index in [1.165, 1.54) is 37.8 Å². The van der Waals surface area contributed by atoms with E-state index in [0.717, 1.165) is 62.9 Å². The van der Waals surface area contributed by atoms with Crippen LogP contribution in [0.25, 0.3) is 0 Å². The highest BCUT2D eigenvalue weighted by Crippen LogP contribution is 2.49. The van der Waals surface area contributed by atoms with Gasteiger partial charge in [-0.1, -0.05) is 38.3 Å². The molecular formula is C31H43F2N3O2. The number of hydrogen-bond donors (Lipinski definition) is 1. The van der Waals surface area contributed by atoms with E-state index in [4.69, 9.17) is 0 Å². The number of piperidine rings is 1. The minimum atomic E-state index is -0.603. The first-order valence-electron chi connectivity index (χ1n) is 14.6. The molecule has 0 radical (unpaired) electrons. The molecule has 1 aromatic rings. The molecule has 5 nitrogen and oxygen atoms in total. The largest absolute Gasteiger partial charge is 0.374 e.